The lowest BCUT2D eigenvalue weighted by Crippen LogP contribution is -2.34. The first-order chi connectivity index (χ1) is 8.81. The van der Waals surface area contributed by atoms with Crippen molar-refractivity contribution in [3.8, 4) is 0 Å². The van der Waals surface area contributed by atoms with Crippen molar-refractivity contribution in [2.75, 3.05) is 14.1 Å². The molecule has 0 radical (unpaired) electrons. The number of aromatic nitrogens is 1. The summed E-state index contributed by atoms with van der Waals surface area (Å²) in [6.07, 6.45) is 2.31. The largest absolute Gasteiger partial charge is 0.368 e. The molecule has 1 aromatic heterocycles. The Bertz CT molecular complexity index is 492. The number of rotatable bonds is 6. The van der Waals surface area contributed by atoms with Crippen LogP contribution in [0.4, 0.5) is 0 Å². The molecule has 0 spiro atoms. The molecule has 0 saturated heterocycles. The monoisotopic (exact) mass is 265 g/mol. The van der Waals surface area contributed by atoms with Gasteiger partial charge in [0, 0.05) is 18.8 Å². The minimum absolute atomic E-state index is 0.188. The lowest BCUT2D eigenvalue weighted by atomic mass is 10.0. The third kappa shape index (κ3) is 4.52. The molecule has 106 valence electrons. The highest BCUT2D eigenvalue weighted by Gasteiger charge is 2.20. The standard InChI is InChI=1S/C14H23N3O2/c1-10(2)7-12(14(15)19)17-9-11(8-16(3)4)5-6-13(17)18/h5-6,9-10,12H,7-8H2,1-4H3,(H2,15,19). The first-order valence-corrected chi connectivity index (χ1v) is 6.46. The predicted molar refractivity (Wildman–Crippen MR) is 75.8 cm³/mol. The summed E-state index contributed by atoms with van der Waals surface area (Å²) in [7, 11) is 3.91. The summed E-state index contributed by atoms with van der Waals surface area (Å²) in [5.74, 6) is -0.167. The number of hydrogen-bond acceptors (Lipinski definition) is 3. The van der Waals surface area contributed by atoms with Crippen molar-refractivity contribution in [3.05, 3.63) is 34.2 Å². The van der Waals surface area contributed by atoms with Crippen LogP contribution in [0.3, 0.4) is 0 Å². The molecule has 5 nitrogen and oxygen atoms in total. The number of pyridine rings is 1. The fraction of sp³-hybridized carbons (Fsp3) is 0.571. The van der Waals surface area contributed by atoms with Crippen molar-refractivity contribution in [1.82, 2.24) is 9.47 Å². The van der Waals surface area contributed by atoms with Gasteiger partial charge in [-0.3, -0.25) is 9.59 Å². The Hall–Kier alpha value is -1.62. The minimum Gasteiger partial charge on any atom is -0.368 e. The lowest BCUT2D eigenvalue weighted by molar-refractivity contribution is -0.121. The van der Waals surface area contributed by atoms with Crippen LogP contribution in [0.1, 0.15) is 31.9 Å². The van der Waals surface area contributed by atoms with E-state index in [0.29, 0.717) is 18.9 Å². The van der Waals surface area contributed by atoms with Gasteiger partial charge >= 0.3 is 0 Å². The normalized spacial score (nSPS) is 12.9. The van der Waals surface area contributed by atoms with Crippen LogP contribution in [0.15, 0.2) is 23.1 Å². The van der Waals surface area contributed by atoms with Crippen molar-refractivity contribution in [3.63, 3.8) is 0 Å². The van der Waals surface area contributed by atoms with Crippen LogP contribution >= 0.6 is 0 Å². The van der Waals surface area contributed by atoms with E-state index in [0.717, 1.165) is 5.56 Å². The van der Waals surface area contributed by atoms with Gasteiger partial charge in [-0.05, 0) is 32.0 Å². The summed E-state index contributed by atoms with van der Waals surface area (Å²) in [5.41, 5.74) is 6.23. The van der Waals surface area contributed by atoms with E-state index in [9.17, 15) is 9.59 Å². The van der Waals surface area contributed by atoms with Gasteiger partial charge in [-0.1, -0.05) is 19.9 Å². The first-order valence-electron chi connectivity index (χ1n) is 6.46. The van der Waals surface area contributed by atoms with E-state index in [2.05, 4.69) is 0 Å². The zero-order valence-electron chi connectivity index (χ0n) is 12.1. The van der Waals surface area contributed by atoms with Crippen molar-refractivity contribution in [2.45, 2.75) is 32.9 Å². The topological polar surface area (TPSA) is 68.3 Å². The SMILES string of the molecule is CC(C)CC(C(N)=O)n1cc(CN(C)C)ccc1=O. The first kappa shape index (κ1) is 15.4. The average molecular weight is 265 g/mol. The molecule has 0 aromatic carbocycles. The summed E-state index contributed by atoms with van der Waals surface area (Å²) >= 11 is 0. The second kappa shape index (κ2) is 6.52. The Morgan fingerprint density at radius 3 is 2.47 bits per heavy atom. The molecular weight excluding hydrogens is 242 g/mol. The van der Waals surface area contributed by atoms with Gasteiger partial charge in [0.2, 0.25) is 5.91 Å². The summed E-state index contributed by atoms with van der Waals surface area (Å²) in [6, 6.07) is 2.70. The maximum atomic E-state index is 11.9. The number of hydrogen-bond donors (Lipinski definition) is 1. The van der Waals surface area contributed by atoms with E-state index in [-0.39, 0.29) is 5.56 Å². The van der Waals surface area contributed by atoms with Gasteiger partial charge in [-0.15, -0.1) is 0 Å². The van der Waals surface area contributed by atoms with Crippen LogP contribution in [-0.4, -0.2) is 29.5 Å². The lowest BCUT2D eigenvalue weighted by Gasteiger charge is -2.20. The highest BCUT2D eigenvalue weighted by Crippen LogP contribution is 2.16. The molecule has 2 N–H and O–H groups in total. The van der Waals surface area contributed by atoms with Crippen molar-refractivity contribution < 1.29 is 4.79 Å². The van der Waals surface area contributed by atoms with E-state index in [4.69, 9.17) is 5.73 Å². The molecule has 0 bridgehead atoms. The molecule has 0 fully saturated rings. The molecule has 0 aliphatic carbocycles. The number of nitrogens with two attached hydrogens (primary N) is 1. The zero-order chi connectivity index (χ0) is 14.6. The second-order valence-corrected chi connectivity index (χ2v) is 5.57. The van der Waals surface area contributed by atoms with E-state index in [1.54, 1.807) is 12.3 Å². The van der Waals surface area contributed by atoms with Crippen LogP contribution < -0.4 is 11.3 Å². The molecule has 19 heavy (non-hydrogen) atoms. The molecule has 1 unspecified atom stereocenters. The average Bonchev–Trinajstić information content (AvgIpc) is 2.27. The third-order valence-corrected chi connectivity index (χ3v) is 2.86. The molecule has 0 saturated carbocycles. The molecule has 1 aromatic rings. The summed E-state index contributed by atoms with van der Waals surface area (Å²) < 4.78 is 1.46. The Morgan fingerprint density at radius 2 is 2.00 bits per heavy atom. The van der Waals surface area contributed by atoms with Crippen LogP contribution in [0.5, 0.6) is 0 Å². The van der Waals surface area contributed by atoms with E-state index in [1.165, 1.54) is 10.6 Å². The van der Waals surface area contributed by atoms with Gasteiger partial charge in [0.15, 0.2) is 0 Å². The maximum absolute atomic E-state index is 11.9. The summed E-state index contributed by atoms with van der Waals surface area (Å²) in [4.78, 5) is 25.5. The fourth-order valence-corrected chi connectivity index (χ4v) is 2.07. The molecule has 0 aliphatic rings. The van der Waals surface area contributed by atoms with Crippen LogP contribution in [0.2, 0.25) is 0 Å². The number of amides is 1. The molecule has 1 amide bonds. The maximum Gasteiger partial charge on any atom is 0.251 e. The van der Waals surface area contributed by atoms with E-state index >= 15 is 0 Å². The van der Waals surface area contributed by atoms with E-state index < -0.39 is 11.9 Å². The molecule has 1 atom stereocenters. The Kier molecular flexibility index (Phi) is 5.30. The van der Waals surface area contributed by atoms with Crippen molar-refractivity contribution in [1.29, 1.82) is 0 Å². The third-order valence-electron chi connectivity index (χ3n) is 2.86. The van der Waals surface area contributed by atoms with Gasteiger partial charge in [-0.2, -0.15) is 0 Å². The van der Waals surface area contributed by atoms with Gasteiger partial charge in [0.05, 0.1) is 0 Å². The van der Waals surface area contributed by atoms with Crippen LogP contribution in [0.25, 0.3) is 0 Å². The van der Waals surface area contributed by atoms with Crippen LogP contribution in [0, 0.1) is 5.92 Å². The highest BCUT2D eigenvalue weighted by atomic mass is 16.2. The smallest absolute Gasteiger partial charge is 0.251 e. The highest BCUT2D eigenvalue weighted by molar-refractivity contribution is 5.78. The van der Waals surface area contributed by atoms with Crippen molar-refractivity contribution >= 4 is 5.91 Å². The number of carbonyl (C=O) groups is 1. The predicted octanol–water partition coefficient (Wildman–Crippen LogP) is 0.982. The van der Waals surface area contributed by atoms with Gasteiger partial charge in [-0.25, -0.2) is 0 Å². The van der Waals surface area contributed by atoms with Crippen molar-refractivity contribution in [2.24, 2.45) is 11.7 Å². The molecule has 0 aliphatic heterocycles. The minimum atomic E-state index is -0.574. The Labute approximate surface area is 114 Å². The molecular formula is C14H23N3O2. The number of nitrogens with zero attached hydrogens (tertiary/aromatic N) is 2. The second-order valence-electron chi connectivity index (χ2n) is 5.57. The van der Waals surface area contributed by atoms with Gasteiger partial charge < -0.3 is 15.2 Å². The Morgan fingerprint density at radius 1 is 1.37 bits per heavy atom. The van der Waals surface area contributed by atoms with Gasteiger partial charge in [0.1, 0.15) is 6.04 Å². The molecule has 5 heteroatoms. The number of carbonyl (C=O) groups excluding carboxylic acids is 1. The quantitative estimate of drug-likeness (QED) is 0.833. The molecule has 1 rings (SSSR count). The summed E-state index contributed by atoms with van der Waals surface area (Å²) in [6.45, 7) is 4.72. The molecule has 1 heterocycles. The summed E-state index contributed by atoms with van der Waals surface area (Å²) in [5, 5.41) is 0. The van der Waals surface area contributed by atoms with E-state index in [1.807, 2.05) is 32.8 Å². The Balaban J connectivity index is 3.14. The fourth-order valence-electron chi connectivity index (χ4n) is 2.07. The number of primary amides is 1. The van der Waals surface area contributed by atoms with Crippen LogP contribution in [-0.2, 0) is 11.3 Å². The zero-order valence-corrected chi connectivity index (χ0v) is 12.1. The van der Waals surface area contributed by atoms with Gasteiger partial charge in [0.25, 0.3) is 5.56 Å².